The molecule has 5 nitrogen and oxygen atoms in total. The molecule has 0 N–H and O–H groups in total. The van der Waals surface area contributed by atoms with Crippen LogP contribution in [0.2, 0.25) is 0 Å². The minimum absolute atomic E-state index is 0.353. The van der Waals surface area contributed by atoms with Crippen LogP contribution in [0.25, 0.3) is 0 Å². The van der Waals surface area contributed by atoms with Crippen molar-refractivity contribution >= 4 is 11.9 Å². The molecule has 0 radical (unpaired) electrons. The van der Waals surface area contributed by atoms with Gasteiger partial charge in [0, 0.05) is 45.0 Å². The lowest BCUT2D eigenvalue weighted by molar-refractivity contribution is -0.139. The Kier molecular flexibility index (Phi) is 3.72. The predicted octanol–water partition coefficient (Wildman–Crippen LogP) is 2.73. The van der Waals surface area contributed by atoms with Crippen molar-refractivity contribution in [3.63, 3.8) is 0 Å². The summed E-state index contributed by atoms with van der Waals surface area (Å²) in [5.74, 6) is 3.95. The fourth-order valence-electron chi connectivity index (χ4n) is 6.55. The lowest BCUT2D eigenvalue weighted by Crippen LogP contribution is -2.52. The minimum Gasteiger partial charge on any atom is -0.339 e. The molecule has 1 aromatic rings. The number of amides is 1. The summed E-state index contributed by atoms with van der Waals surface area (Å²) in [6.07, 6.45) is 12.7. The lowest BCUT2D eigenvalue weighted by Gasteiger charge is -2.57. The number of carbonyl (C=O) groups excluding carboxylic acids is 1. The number of hydrogen-bond acceptors (Lipinski definition) is 4. The molecule has 1 amide bonds. The van der Waals surface area contributed by atoms with Crippen LogP contribution in [0.4, 0.5) is 5.95 Å². The zero-order chi connectivity index (χ0) is 16.9. The maximum Gasteiger partial charge on any atom is 0.225 e. The summed E-state index contributed by atoms with van der Waals surface area (Å²) < 4.78 is 0. The molecule has 25 heavy (non-hydrogen) atoms. The zero-order valence-electron chi connectivity index (χ0n) is 14.9. The first kappa shape index (κ1) is 15.6. The molecule has 2 heterocycles. The minimum atomic E-state index is 0.353. The number of nitrogens with zero attached hydrogens (tertiary/aromatic N) is 4. The summed E-state index contributed by atoms with van der Waals surface area (Å²) in [5, 5.41) is 0. The molecule has 1 saturated heterocycles. The van der Waals surface area contributed by atoms with Gasteiger partial charge in [0.15, 0.2) is 0 Å². The number of hydrogen-bond donors (Lipinski definition) is 0. The molecule has 4 bridgehead atoms. The third-order valence-electron chi connectivity index (χ3n) is 7.16. The molecule has 134 valence electrons. The van der Waals surface area contributed by atoms with Crippen molar-refractivity contribution in [1.82, 2.24) is 14.9 Å². The molecule has 0 aromatic carbocycles. The van der Waals surface area contributed by atoms with Crippen LogP contribution in [-0.2, 0) is 4.79 Å². The van der Waals surface area contributed by atoms with Gasteiger partial charge in [-0.1, -0.05) is 0 Å². The number of rotatable bonds is 3. The quantitative estimate of drug-likeness (QED) is 0.849. The molecule has 4 saturated carbocycles. The van der Waals surface area contributed by atoms with Crippen LogP contribution in [0.3, 0.4) is 0 Å². The molecule has 5 aliphatic rings. The Morgan fingerprint density at radius 3 is 2.08 bits per heavy atom. The van der Waals surface area contributed by atoms with Crippen LogP contribution in [-0.4, -0.2) is 47.0 Å². The van der Waals surface area contributed by atoms with E-state index in [-0.39, 0.29) is 0 Å². The van der Waals surface area contributed by atoms with E-state index in [1.807, 2.05) is 6.07 Å². The Labute approximate surface area is 149 Å². The van der Waals surface area contributed by atoms with Crippen molar-refractivity contribution in [2.24, 2.45) is 23.2 Å². The molecule has 5 fully saturated rings. The van der Waals surface area contributed by atoms with E-state index >= 15 is 0 Å². The van der Waals surface area contributed by atoms with E-state index in [0.717, 1.165) is 56.3 Å². The van der Waals surface area contributed by atoms with Gasteiger partial charge < -0.3 is 9.80 Å². The van der Waals surface area contributed by atoms with Gasteiger partial charge in [-0.15, -0.1) is 0 Å². The van der Waals surface area contributed by atoms with Crippen molar-refractivity contribution in [2.45, 2.75) is 44.9 Å². The van der Waals surface area contributed by atoms with E-state index in [2.05, 4.69) is 19.8 Å². The van der Waals surface area contributed by atoms with Crippen LogP contribution >= 0.6 is 0 Å². The number of anilines is 1. The molecular weight excluding hydrogens is 312 g/mol. The first-order chi connectivity index (χ1) is 12.2. The van der Waals surface area contributed by atoms with Gasteiger partial charge in [0.25, 0.3) is 0 Å². The molecule has 5 heteroatoms. The first-order valence-electron chi connectivity index (χ1n) is 9.99. The molecule has 1 aliphatic heterocycles. The number of piperazine rings is 1. The highest BCUT2D eigenvalue weighted by Crippen LogP contribution is 2.61. The van der Waals surface area contributed by atoms with Crippen molar-refractivity contribution in [3.8, 4) is 0 Å². The monoisotopic (exact) mass is 340 g/mol. The molecular formula is C20H28N4O. The van der Waals surface area contributed by atoms with E-state index in [1.165, 1.54) is 38.5 Å². The largest absolute Gasteiger partial charge is 0.339 e. The SMILES string of the molecule is O=C(CC12CC3CC(CC(C3)C1)C2)N1CCN(c2ncccn2)CC1. The maximum absolute atomic E-state index is 13.0. The van der Waals surface area contributed by atoms with E-state index in [1.54, 1.807) is 12.4 Å². The summed E-state index contributed by atoms with van der Waals surface area (Å²) in [6, 6.07) is 1.84. The third kappa shape index (κ3) is 2.91. The Morgan fingerprint density at radius 1 is 0.960 bits per heavy atom. The van der Waals surface area contributed by atoms with Crippen LogP contribution in [0, 0.1) is 23.2 Å². The van der Waals surface area contributed by atoms with Crippen LogP contribution in [0.15, 0.2) is 18.5 Å². The highest BCUT2D eigenvalue weighted by Gasteiger charge is 2.51. The summed E-state index contributed by atoms with van der Waals surface area (Å²) in [6.45, 7) is 3.31. The third-order valence-corrected chi connectivity index (χ3v) is 7.16. The first-order valence-corrected chi connectivity index (χ1v) is 9.99. The Hall–Kier alpha value is -1.65. The molecule has 1 aromatic heterocycles. The summed E-state index contributed by atoms with van der Waals surface area (Å²) in [5.41, 5.74) is 0.353. The Balaban J connectivity index is 1.20. The highest BCUT2D eigenvalue weighted by atomic mass is 16.2. The van der Waals surface area contributed by atoms with Crippen LogP contribution in [0.1, 0.15) is 44.9 Å². The summed E-state index contributed by atoms with van der Waals surface area (Å²) in [4.78, 5) is 25.9. The molecule has 6 rings (SSSR count). The standard InChI is InChI=1S/C20H28N4O/c25-18(14-20-11-15-8-16(12-20)10-17(9-15)13-20)23-4-6-24(7-5-23)19-21-2-1-3-22-19/h1-3,15-17H,4-14H2. The van der Waals surface area contributed by atoms with E-state index < -0.39 is 0 Å². The second-order valence-electron chi connectivity index (χ2n) is 9.01. The van der Waals surface area contributed by atoms with Gasteiger partial charge in [0.1, 0.15) is 0 Å². The Bertz CT molecular complexity index is 603. The van der Waals surface area contributed by atoms with Gasteiger partial charge >= 0.3 is 0 Å². The smallest absolute Gasteiger partial charge is 0.225 e. The molecule has 0 spiro atoms. The fraction of sp³-hybridized carbons (Fsp3) is 0.750. The van der Waals surface area contributed by atoms with Gasteiger partial charge in [-0.2, -0.15) is 0 Å². The van der Waals surface area contributed by atoms with Gasteiger partial charge in [0.2, 0.25) is 11.9 Å². The maximum atomic E-state index is 13.0. The Morgan fingerprint density at radius 2 is 1.52 bits per heavy atom. The normalized spacial score (nSPS) is 36.7. The lowest BCUT2D eigenvalue weighted by atomic mass is 9.49. The zero-order valence-corrected chi connectivity index (χ0v) is 14.9. The van der Waals surface area contributed by atoms with Crippen LogP contribution < -0.4 is 4.90 Å². The van der Waals surface area contributed by atoms with Gasteiger partial charge in [0.05, 0.1) is 0 Å². The van der Waals surface area contributed by atoms with Gasteiger partial charge in [-0.3, -0.25) is 4.79 Å². The fourth-order valence-corrected chi connectivity index (χ4v) is 6.55. The van der Waals surface area contributed by atoms with Crippen molar-refractivity contribution < 1.29 is 4.79 Å². The van der Waals surface area contributed by atoms with Gasteiger partial charge in [-0.05, 0) is 67.8 Å². The van der Waals surface area contributed by atoms with E-state index in [4.69, 9.17) is 0 Å². The van der Waals surface area contributed by atoms with Crippen LogP contribution in [0.5, 0.6) is 0 Å². The second kappa shape index (κ2) is 5.96. The molecule has 0 atom stereocenters. The molecule has 4 aliphatic carbocycles. The van der Waals surface area contributed by atoms with E-state index in [9.17, 15) is 4.79 Å². The van der Waals surface area contributed by atoms with Crippen molar-refractivity contribution in [3.05, 3.63) is 18.5 Å². The summed E-state index contributed by atoms with van der Waals surface area (Å²) in [7, 11) is 0. The van der Waals surface area contributed by atoms with Gasteiger partial charge in [-0.25, -0.2) is 9.97 Å². The van der Waals surface area contributed by atoms with E-state index in [0.29, 0.717) is 11.3 Å². The van der Waals surface area contributed by atoms with Crippen molar-refractivity contribution in [1.29, 1.82) is 0 Å². The number of aromatic nitrogens is 2. The second-order valence-corrected chi connectivity index (χ2v) is 9.01. The van der Waals surface area contributed by atoms with Crippen molar-refractivity contribution in [2.75, 3.05) is 31.1 Å². The predicted molar refractivity (Wildman–Crippen MR) is 96.0 cm³/mol. The number of carbonyl (C=O) groups is 1. The molecule has 0 unspecified atom stereocenters. The highest BCUT2D eigenvalue weighted by molar-refractivity contribution is 5.77. The summed E-state index contributed by atoms with van der Waals surface area (Å²) >= 11 is 0. The topological polar surface area (TPSA) is 49.3 Å². The average Bonchev–Trinajstić information content (AvgIpc) is 2.61. The average molecular weight is 340 g/mol.